The molecule has 8 nitrogen and oxygen atoms in total. The predicted molar refractivity (Wildman–Crippen MR) is 63.0 cm³/mol. The average molecular weight is 339 g/mol. The number of fused-ring (bicyclic) bond motifs is 1. The molecule has 2 aromatic heterocycles. The molecule has 1 atom stereocenters. The molecule has 2 aromatic rings. The van der Waals surface area contributed by atoms with Crippen LogP contribution in [0.15, 0.2) is 14.3 Å². The summed E-state index contributed by atoms with van der Waals surface area (Å²) in [6.07, 6.45) is 0. The minimum atomic E-state index is -1.36. The van der Waals surface area contributed by atoms with Crippen LogP contribution >= 0.6 is 15.9 Å². The minimum Gasteiger partial charge on any atom is -0.548 e. The molecule has 0 aliphatic carbocycles. The van der Waals surface area contributed by atoms with Crippen LogP contribution in [-0.2, 0) is 11.8 Å². The Morgan fingerprint density at radius 3 is 2.58 bits per heavy atom. The summed E-state index contributed by atoms with van der Waals surface area (Å²) in [5.74, 6) is -1.36. The SMILES string of the molecule is CC(C(=O)[O-])n1c(Br)nc2c1c(=O)[nH]c(=O)n2C.[Na+]. The van der Waals surface area contributed by atoms with Gasteiger partial charge >= 0.3 is 35.2 Å². The molecule has 0 aliphatic rings. The van der Waals surface area contributed by atoms with Crippen molar-refractivity contribution in [2.24, 2.45) is 7.05 Å². The van der Waals surface area contributed by atoms with E-state index >= 15 is 0 Å². The van der Waals surface area contributed by atoms with E-state index in [1.54, 1.807) is 0 Å². The molecule has 1 N–H and O–H groups in total. The number of H-pyrrole nitrogens is 1. The van der Waals surface area contributed by atoms with Crippen molar-refractivity contribution in [3.8, 4) is 0 Å². The molecule has 0 saturated heterocycles. The fourth-order valence-electron chi connectivity index (χ4n) is 1.63. The molecule has 0 saturated carbocycles. The number of halogens is 1. The second-order valence-corrected chi connectivity index (χ2v) is 4.45. The third-order valence-corrected chi connectivity index (χ3v) is 3.20. The van der Waals surface area contributed by atoms with Gasteiger partial charge in [-0.05, 0) is 22.9 Å². The van der Waals surface area contributed by atoms with E-state index in [1.165, 1.54) is 14.0 Å². The van der Waals surface area contributed by atoms with Crippen molar-refractivity contribution in [1.82, 2.24) is 19.1 Å². The number of nitrogens with zero attached hydrogens (tertiary/aromatic N) is 3. The summed E-state index contributed by atoms with van der Waals surface area (Å²) in [5, 5.41) is 10.9. The van der Waals surface area contributed by atoms with Crippen molar-refractivity contribution >= 4 is 33.1 Å². The first kappa shape index (κ1) is 16.2. The van der Waals surface area contributed by atoms with E-state index in [2.05, 4.69) is 25.9 Å². The molecule has 0 amide bonds. The average Bonchev–Trinajstić information content (AvgIpc) is 2.63. The van der Waals surface area contributed by atoms with Gasteiger partial charge in [-0.2, -0.15) is 0 Å². The third-order valence-electron chi connectivity index (χ3n) is 2.64. The zero-order valence-electron chi connectivity index (χ0n) is 10.4. The predicted octanol–water partition coefficient (Wildman–Crippen LogP) is -4.50. The van der Waals surface area contributed by atoms with E-state index in [4.69, 9.17) is 0 Å². The van der Waals surface area contributed by atoms with Gasteiger partial charge in [-0.15, -0.1) is 0 Å². The molecule has 0 aliphatic heterocycles. The number of carboxylic acid groups (broad SMARTS) is 1. The molecule has 0 aromatic carbocycles. The summed E-state index contributed by atoms with van der Waals surface area (Å²) in [6, 6.07) is -1.09. The molecule has 0 spiro atoms. The molecule has 2 rings (SSSR count). The first-order valence-corrected chi connectivity index (χ1v) is 5.71. The smallest absolute Gasteiger partial charge is 0.548 e. The van der Waals surface area contributed by atoms with E-state index in [-0.39, 0.29) is 45.5 Å². The zero-order chi connectivity index (χ0) is 13.6. The Labute approximate surface area is 136 Å². The second kappa shape index (κ2) is 5.61. The molecule has 96 valence electrons. The van der Waals surface area contributed by atoms with Crippen molar-refractivity contribution in [1.29, 1.82) is 0 Å². The maximum atomic E-state index is 11.7. The van der Waals surface area contributed by atoms with Crippen LogP contribution in [0.25, 0.3) is 11.2 Å². The summed E-state index contributed by atoms with van der Waals surface area (Å²) in [4.78, 5) is 40.1. The van der Waals surface area contributed by atoms with Crippen molar-refractivity contribution in [3.05, 3.63) is 25.6 Å². The standard InChI is InChI=1S/C9H9BrN4O4.Na/c1-3(7(16)17)14-4-5(11-8(14)10)13(2)9(18)12-6(4)15;/h3H,1-2H3,(H,16,17)(H,12,15,18);/q;+1/p-1. The topological polar surface area (TPSA) is 113 Å². The van der Waals surface area contributed by atoms with Gasteiger partial charge in [-0.3, -0.25) is 14.3 Å². The number of carboxylic acids is 1. The minimum absolute atomic E-state index is 0. The van der Waals surface area contributed by atoms with Crippen molar-refractivity contribution < 1.29 is 39.5 Å². The number of aromatic amines is 1. The number of hydrogen-bond donors (Lipinski definition) is 1. The number of hydrogen-bond acceptors (Lipinski definition) is 5. The van der Waals surface area contributed by atoms with E-state index in [1.807, 2.05) is 0 Å². The number of imidazole rings is 1. The van der Waals surface area contributed by atoms with Gasteiger partial charge < -0.3 is 14.5 Å². The number of carbonyl (C=O) groups excluding carboxylic acids is 1. The maximum Gasteiger partial charge on any atom is 1.00 e. The van der Waals surface area contributed by atoms with Crippen LogP contribution in [0.4, 0.5) is 0 Å². The summed E-state index contributed by atoms with van der Waals surface area (Å²) < 4.78 is 2.42. The number of aryl methyl sites for hydroxylation is 1. The summed E-state index contributed by atoms with van der Waals surface area (Å²) in [6.45, 7) is 1.35. The number of rotatable bonds is 2. The van der Waals surface area contributed by atoms with Crippen molar-refractivity contribution in [3.63, 3.8) is 0 Å². The summed E-state index contributed by atoms with van der Waals surface area (Å²) >= 11 is 3.06. The van der Waals surface area contributed by atoms with Crippen LogP contribution in [0.3, 0.4) is 0 Å². The van der Waals surface area contributed by atoms with Gasteiger partial charge in [0.05, 0.1) is 12.0 Å². The summed E-state index contributed by atoms with van der Waals surface area (Å²) in [7, 11) is 1.42. The first-order chi connectivity index (χ1) is 8.34. The molecular formula is C9H8BrN4NaO4. The van der Waals surface area contributed by atoms with Crippen molar-refractivity contribution in [2.75, 3.05) is 0 Å². The Morgan fingerprint density at radius 1 is 1.47 bits per heavy atom. The van der Waals surface area contributed by atoms with E-state index < -0.39 is 23.3 Å². The Hall–Kier alpha value is -0.900. The van der Waals surface area contributed by atoms with E-state index in [0.29, 0.717) is 0 Å². The number of nitrogens with one attached hydrogen (secondary N) is 1. The quantitative estimate of drug-likeness (QED) is 0.438. The van der Waals surface area contributed by atoms with Gasteiger partial charge in [-0.1, -0.05) is 0 Å². The fourth-order valence-corrected chi connectivity index (χ4v) is 2.29. The van der Waals surface area contributed by atoms with Crippen LogP contribution in [0.1, 0.15) is 13.0 Å². The van der Waals surface area contributed by atoms with Crippen LogP contribution in [-0.4, -0.2) is 25.1 Å². The largest absolute Gasteiger partial charge is 1.00 e. The molecule has 0 radical (unpaired) electrons. The Bertz CT molecular complexity index is 762. The number of aliphatic carboxylic acids is 1. The van der Waals surface area contributed by atoms with Gasteiger partial charge in [0.2, 0.25) is 0 Å². The molecule has 2 heterocycles. The second-order valence-electron chi connectivity index (χ2n) is 3.74. The Morgan fingerprint density at radius 2 is 2.05 bits per heavy atom. The van der Waals surface area contributed by atoms with Crippen LogP contribution in [0, 0.1) is 0 Å². The third kappa shape index (κ3) is 2.55. The normalized spacial score (nSPS) is 12.2. The van der Waals surface area contributed by atoms with E-state index in [9.17, 15) is 19.5 Å². The van der Waals surface area contributed by atoms with Crippen LogP contribution in [0.2, 0.25) is 0 Å². The van der Waals surface area contributed by atoms with Crippen LogP contribution < -0.4 is 45.9 Å². The number of aromatic nitrogens is 4. The van der Waals surface area contributed by atoms with Gasteiger partial charge in [0, 0.05) is 7.05 Å². The molecule has 1 unspecified atom stereocenters. The molecule has 10 heteroatoms. The van der Waals surface area contributed by atoms with Crippen LogP contribution in [0.5, 0.6) is 0 Å². The molecule has 0 bridgehead atoms. The Kier molecular flexibility index (Phi) is 4.77. The fraction of sp³-hybridized carbons (Fsp3) is 0.333. The zero-order valence-corrected chi connectivity index (χ0v) is 14.0. The van der Waals surface area contributed by atoms with Gasteiger partial charge in [0.25, 0.3) is 5.56 Å². The first-order valence-electron chi connectivity index (χ1n) is 4.92. The van der Waals surface area contributed by atoms with Gasteiger partial charge in [0.1, 0.15) is 0 Å². The van der Waals surface area contributed by atoms with E-state index in [0.717, 1.165) is 9.13 Å². The van der Waals surface area contributed by atoms with Gasteiger partial charge in [0.15, 0.2) is 15.9 Å². The molecular weight excluding hydrogens is 331 g/mol. The maximum absolute atomic E-state index is 11.7. The molecule has 19 heavy (non-hydrogen) atoms. The molecule has 0 fully saturated rings. The number of carbonyl (C=O) groups is 1. The summed E-state index contributed by atoms with van der Waals surface area (Å²) in [5.41, 5.74) is -1.21. The monoisotopic (exact) mass is 338 g/mol. The van der Waals surface area contributed by atoms with Crippen molar-refractivity contribution in [2.45, 2.75) is 13.0 Å². The Balaban J connectivity index is 0.00000180. The van der Waals surface area contributed by atoms with Gasteiger partial charge in [-0.25, -0.2) is 9.78 Å².